The van der Waals surface area contributed by atoms with Gasteiger partial charge in [0.1, 0.15) is 0 Å². The standard InChI is InChI=1S/C17H18N2/c1-17(2)14-8-4-5-9-15(14)19(3)16(17)11-13-7-6-10-18-12-13/h4-12H,1-3H3. The van der Waals surface area contributed by atoms with Gasteiger partial charge in [0.15, 0.2) is 0 Å². The summed E-state index contributed by atoms with van der Waals surface area (Å²) in [5.74, 6) is 0. The predicted octanol–water partition coefficient (Wildman–Crippen LogP) is 3.85. The zero-order valence-corrected chi connectivity index (χ0v) is 11.6. The van der Waals surface area contributed by atoms with Crippen LogP contribution in [0.3, 0.4) is 0 Å². The van der Waals surface area contributed by atoms with Crippen LogP contribution in [-0.2, 0) is 5.41 Å². The maximum absolute atomic E-state index is 4.19. The molecule has 19 heavy (non-hydrogen) atoms. The fourth-order valence-corrected chi connectivity index (χ4v) is 2.88. The minimum atomic E-state index is 0.0290. The van der Waals surface area contributed by atoms with Gasteiger partial charge in [-0.15, -0.1) is 0 Å². The van der Waals surface area contributed by atoms with Crippen LogP contribution in [0.2, 0.25) is 0 Å². The molecule has 1 aromatic carbocycles. The van der Waals surface area contributed by atoms with E-state index in [1.54, 1.807) is 6.20 Å². The third-order valence-electron chi connectivity index (χ3n) is 3.93. The molecule has 0 fully saturated rings. The van der Waals surface area contributed by atoms with Crippen molar-refractivity contribution in [3.05, 3.63) is 65.6 Å². The minimum absolute atomic E-state index is 0.0290. The van der Waals surface area contributed by atoms with Gasteiger partial charge in [0.25, 0.3) is 0 Å². The summed E-state index contributed by atoms with van der Waals surface area (Å²) in [4.78, 5) is 6.47. The lowest BCUT2D eigenvalue weighted by Gasteiger charge is -2.24. The topological polar surface area (TPSA) is 16.1 Å². The molecule has 0 bridgehead atoms. The highest BCUT2D eigenvalue weighted by molar-refractivity contribution is 5.75. The number of aromatic nitrogens is 1. The lowest BCUT2D eigenvalue weighted by atomic mass is 9.83. The summed E-state index contributed by atoms with van der Waals surface area (Å²) >= 11 is 0. The van der Waals surface area contributed by atoms with E-state index in [9.17, 15) is 0 Å². The number of anilines is 1. The average Bonchev–Trinajstić information content (AvgIpc) is 2.62. The van der Waals surface area contributed by atoms with E-state index in [4.69, 9.17) is 0 Å². The lowest BCUT2D eigenvalue weighted by molar-refractivity contribution is 0.645. The predicted molar refractivity (Wildman–Crippen MR) is 80.1 cm³/mol. The molecule has 3 rings (SSSR count). The Morgan fingerprint density at radius 1 is 1.11 bits per heavy atom. The molecule has 0 saturated carbocycles. The van der Waals surface area contributed by atoms with Crippen LogP contribution in [-0.4, -0.2) is 12.0 Å². The highest BCUT2D eigenvalue weighted by atomic mass is 15.2. The molecule has 1 aliphatic rings. The molecule has 0 amide bonds. The van der Waals surface area contributed by atoms with Crippen LogP contribution < -0.4 is 4.90 Å². The molecule has 96 valence electrons. The lowest BCUT2D eigenvalue weighted by Crippen LogP contribution is -2.22. The van der Waals surface area contributed by atoms with Gasteiger partial charge < -0.3 is 4.90 Å². The molecule has 1 aromatic heterocycles. The molecule has 0 unspecified atom stereocenters. The molecule has 0 radical (unpaired) electrons. The van der Waals surface area contributed by atoms with Crippen LogP contribution in [0.1, 0.15) is 25.0 Å². The molecule has 2 heterocycles. The summed E-state index contributed by atoms with van der Waals surface area (Å²) in [5, 5.41) is 0. The van der Waals surface area contributed by atoms with E-state index >= 15 is 0 Å². The molecule has 0 spiro atoms. The molecular formula is C17H18N2. The third kappa shape index (κ3) is 1.84. The second-order valence-corrected chi connectivity index (χ2v) is 5.52. The quantitative estimate of drug-likeness (QED) is 0.764. The molecule has 0 atom stereocenters. The summed E-state index contributed by atoms with van der Waals surface area (Å²) in [5.41, 5.74) is 5.16. The number of pyridine rings is 1. The van der Waals surface area contributed by atoms with Crippen LogP contribution in [0.25, 0.3) is 6.08 Å². The van der Waals surface area contributed by atoms with Crippen molar-refractivity contribution in [1.82, 2.24) is 4.98 Å². The van der Waals surface area contributed by atoms with Crippen LogP contribution in [0.4, 0.5) is 5.69 Å². The first-order chi connectivity index (χ1) is 9.10. The van der Waals surface area contributed by atoms with Crippen molar-refractivity contribution in [2.45, 2.75) is 19.3 Å². The second-order valence-electron chi connectivity index (χ2n) is 5.52. The van der Waals surface area contributed by atoms with Gasteiger partial charge in [0, 0.05) is 36.2 Å². The van der Waals surface area contributed by atoms with Crippen molar-refractivity contribution in [3.63, 3.8) is 0 Å². The van der Waals surface area contributed by atoms with E-state index < -0.39 is 0 Å². The van der Waals surface area contributed by atoms with E-state index in [1.807, 2.05) is 12.3 Å². The number of para-hydroxylation sites is 1. The summed E-state index contributed by atoms with van der Waals surface area (Å²) in [6.45, 7) is 4.55. The van der Waals surface area contributed by atoms with Crippen molar-refractivity contribution in [1.29, 1.82) is 0 Å². The van der Waals surface area contributed by atoms with E-state index in [2.05, 4.69) is 67.2 Å². The normalized spacial score (nSPS) is 18.7. The molecule has 2 heteroatoms. The Balaban J connectivity index is 2.13. The van der Waals surface area contributed by atoms with Gasteiger partial charge in [-0.3, -0.25) is 4.98 Å². The van der Waals surface area contributed by atoms with Crippen molar-refractivity contribution in [2.75, 3.05) is 11.9 Å². The van der Waals surface area contributed by atoms with Gasteiger partial charge in [-0.25, -0.2) is 0 Å². The fourth-order valence-electron chi connectivity index (χ4n) is 2.88. The minimum Gasteiger partial charge on any atom is -0.347 e. The summed E-state index contributed by atoms with van der Waals surface area (Å²) in [7, 11) is 2.13. The molecule has 0 aliphatic carbocycles. The monoisotopic (exact) mass is 250 g/mol. The highest BCUT2D eigenvalue weighted by Crippen LogP contribution is 2.47. The van der Waals surface area contributed by atoms with Crippen LogP contribution in [0, 0.1) is 0 Å². The number of hydrogen-bond acceptors (Lipinski definition) is 2. The van der Waals surface area contributed by atoms with Crippen LogP contribution >= 0.6 is 0 Å². The maximum Gasteiger partial charge on any atom is 0.0447 e. The van der Waals surface area contributed by atoms with E-state index in [0.29, 0.717) is 0 Å². The smallest absolute Gasteiger partial charge is 0.0447 e. The van der Waals surface area contributed by atoms with Crippen molar-refractivity contribution >= 4 is 11.8 Å². The van der Waals surface area contributed by atoms with Gasteiger partial charge >= 0.3 is 0 Å². The SMILES string of the molecule is CN1C(=Cc2cccnc2)C(C)(C)c2ccccc21. The molecule has 2 nitrogen and oxygen atoms in total. The van der Waals surface area contributed by atoms with Gasteiger partial charge in [0.05, 0.1) is 0 Å². The van der Waals surface area contributed by atoms with E-state index in [-0.39, 0.29) is 5.41 Å². The Hall–Kier alpha value is -2.09. The fraction of sp³-hybridized carbons (Fsp3) is 0.235. The van der Waals surface area contributed by atoms with Crippen LogP contribution in [0.5, 0.6) is 0 Å². The van der Waals surface area contributed by atoms with Crippen molar-refractivity contribution in [2.24, 2.45) is 0 Å². The first kappa shape index (κ1) is 12.0. The second kappa shape index (κ2) is 4.23. The molecular weight excluding hydrogens is 232 g/mol. The zero-order chi connectivity index (χ0) is 13.5. The Bertz CT molecular complexity index is 627. The molecule has 1 aliphatic heterocycles. The first-order valence-corrected chi connectivity index (χ1v) is 6.56. The average molecular weight is 250 g/mol. The largest absolute Gasteiger partial charge is 0.347 e. The van der Waals surface area contributed by atoms with Crippen molar-refractivity contribution < 1.29 is 0 Å². The van der Waals surface area contributed by atoms with Gasteiger partial charge in [-0.2, -0.15) is 0 Å². The number of fused-ring (bicyclic) bond motifs is 1. The first-order valence-electron chi connectivity index (χ1n) is 6.56. The number of likely N-dealkylation sites (N-methyl/N-ethyl adjacent to an activating group) is 1. The Morgan fingerprint density at radius 2 is 1.89 bits per heavy atom. The Morgan fingerprint density at radius 3 is 2.58 bits per heavy atom. The summed E-state index contributed by atoms with van der Waals surface area (Å²) < 4.78 is 0. The van der Waals surface area contributed by atoms with E-state index in [1.165, 1.54) is 16.9 Å². The molecule has 0 N–H and O–H groups in total. The van der Waals surface area contributed by atoms with E-state index in [0.717, 1.165) is 5.56 Å². The van der Waals surface area contributed by atoms with Gasteiger partial charge in [-0.05, 0) is 29.3 Å². The number of benzene rings is 1. The van der Waals surface area contributed by atoms with Gasteiger partial charge in [-0.1, -0.05) is 38.1 Å². The van der Waals surface area contributed by atoms with Gasteiger partial charge in [0.2, 0.25) is 0 Å². The Kier molecular flexibility index (Phi) is 2.67. The Labute approximate surface area is 114 Å². The maximum atomic E-state index is 4.19. The molecule has 2 aromatic rings. The number of nitrogens with zero attached hydrogens (tertiary/aromatic N) is 2. The third-order valence-corrected chi connectivity index (χ3v) is 3.93. The van der Waals surface area contributed by atoms with Crippen LogP contribution in [0.15, 0.2) is 54.5 Å². The number of rotatable bonds is 1. The molecule has 0 saturated heterocycles. The highest BCUT2D eigenvalue weighted by Gasteiger charge is 2.37. The number of allylic oxidation sites excluding steroid dienone is 1. The zero-order valence-electron chi connectivity index (χ0n) is 11.6. The number of hydrogen-bond donors (Lipinski definition) is 0. The summed E-state index contributed by atoms with van der Waals surface area (Å²) in [6.07, 6.45) is 5.94. The van der Waals surface area contributed by atoms with Crippen molar-refractivity contribution in [3.8, 4) is 0 Å². The summed E-state index contributed by atoms with van der Waals surface area (Å²) in [6, 6.07) is 12.7.